The van der Waals surface area contributed by atoms with Crippen molar-refractivity contribution in [1.82, 2.24) is 4.72 Å². The van der Waals surface area contributed by atoms with Crippen LogP contribution in [0.1, 0.15) is 52.0 Å². The van der Waals surface area contributed by atoms with Crippen molar-refractivity contribution in [3.63, 3.8) is 0 Å². The van der Waals surface area contributed by atoms with E-state index >= 15 is 0 Å². The fourth-order valence-corrected chi connectivity index (χ4v) is 3.55. The van der Waals surface area contributed by atoms with E-state index in [9.17, 15) is 8.42 Å². The SMILES string of the molecule is CCCCCC(C)(C)CNS(=O)(=O)Cc1ccccc1N. The van der Waals surface area contributed by atoms with Crippen molar-refractivity contribution in [2.24, 2.45) is 5.41 Å². The Bertz CT molecular complexity index is 539. The minimum absolute atomic E-state index is 0.0233. The average molecular weight is 312 g/mol. The van der Waals surface area contributed by atoms with Gasteiger partial charge < -0.3 is 5.73 Å². The second-order valence-corrected chi connectivity index (χ2v) is 8.21. The summed E-state index contributed by atoms with van der Waals surface area (Å²) in [5.41, 5.74) is 6.94. The van der Waals surface area contributed by atoms with Crippen molar-refractivity contribution < 1.29 is 8.42 Å². The maximum atomic E-state index is 12.2. The van der Waals surface area contributed by atoms with Gasteiger partial charge in [-0.3, -0.25) is 0 Å². The summed E-state index contributed by atoms with van der Waals surface area (Å²) in [6, 6.07) is 7.08. The highest BCUT2D eigenvalue weighted by molar-refractivity contribution is 7.88. The maximum absolute atomic E-state index is 12.2. The van der Waals surface area contributed by atoms with Crippen LogP contribution in [-0.4, -0.2) is 15.0 Å². The summed E-state index contributed by atoms with van der Waals surface area (Å²) in [4.78, 5) is 0. The normalized spacial score (nSPS) is 12.5. The molecule has 3 N–H and O–H groups in total. The van der Waals surface area contributed by atoms with Gasteiger partial charge in [-0.2, -0.15) is 0 Å². The smallest absolute Gasteiger partial charge is 0.215 e. The van der Waals surface area contributed by atoms with Crippen LogP contribution >= 0.6 is 0 Å². The molecule has 0 aromatic heterocycles. The Kier molecular flexibility index (Phi) is 6.68. The first-order chi connectivity index (χ1) is 9.76. The second kappa shape index (κ2) is 7.80. The van der Waals surface area contributed by atoms with Crippen LogP contribution in [0, 0.1) is 5.41 Å². The number of hydrogen-bond acceptors (Lipinski definition) is 3. The number of nitrogens with one attached hydrogen (secondary N) is 1. The Morgan fingerprint density at radius 2 is 1.86 bits per heavy atom. The van der Waals surface area contributed by atoms with Crippen molar-refractivity contribution in [3.05, 3.63) is 29.8 Å². The van der Waals surface area contributed by atoms with Gasteiger partial charge in [0.2, 0.25) is 10.0 Å². The van der Waals surface area contributed by atoms with Crippen molar-refractivity contribution in [2.75, 3.05) is 12.3 Å². The van der Waals surface area contributed by atoms with Gasteiger partial charge in [-0.25, -0.2) is 13.1 Å². The quantitative estimate of drug-likeness (QED) is 0.543. The molecule has 0 heterocycles. The number of nitrogens with two attached hydrogens (primary N) is 1. The van der Waals surface area contributed by atoms with Crippen LogP contribution in [0.4, 0.5) is 5.69 Å². The van der Waals surface area contributed by atoms with Gasteiger partial charge in [0.05, 0.1) is 5.75 Å². The summed E-state index contributed by atoms with van der Waals surface area (Å²) in [5.74, 6) is -0.0648. The predicted molar refractivity (Wildman–Crippen MR) is 89.4 cm³/mol. The number of nitrogen functional groups attached to an aromatic ring is 1. The Hall–Kier alpha value is -1.07. The lowest BCUT2D eigenvalue weighted by Gasteiger charge is -2.25. The van der Waals surface area contributed by atoms with E-state index in [4.69, 9.17) is 5.73 Å². The molecule has 5 heteroatoms. The molecule has 0 atom stereocenters. The molecule has 0 amide bonds. The zero-order valence-corrected chi connectivity index (χ0v) is 14.2. The Labute approximate surface area is 129 Å². The fourth-order valence-electron chi connectivity index (χ4n) is 2.17. The largest absolute Gasteiger partial charge is 0.398 e. The highest BCUT2D eigenvalue weighted by Gasteiger charge is 2.21. The van der Waals surface area contributed by atoms with Gasteiger partial charge in [-0.05, 0) is 23.5 Å². The predicted octanol–water partition coefficient (Wildman–Crippen LogP) is 3.29. The lowest BCUT2D eigenvalue weighted by atomic mass is 9.87. The molecular formula is C16H28N2O2S. The van der Waals surface area contributed by atoms with E-state index in [1.54, 1.807) is 24.3 Å². The van der Waals surface area contributed by atoms with Gasteiger partial charge in [0.1, 0.15) is 0 Å². The van der Waals surface area contributed by atoms with E-state index in [-0.39, 0.29) is 11.2 Å². The number of benzene rings is 1. The summed E-state index contributed by atoms with van der Waals surface area (Å²) in [5, 5.41) is 0. The highest BCUT2D eigenvalue weighted by atomic mass is 32.2. The molecule has 0 bridgehead atoms. The molecular weight excluding hydrogens is 284 g/mol. The first kappa shape index (κ1) is 18.0. The molecule has 0 radical (unpaired) electrons. The van der Waals surface area contributed by atoms with Gasteiger partial charge in [0.25, 0.3) is 0 Å². The van der Waals surface area contributed by atoms with Crippen LogP contribution in [0.2, 0.25) is 0 Å². The molecule has 1 aromatic rings. The van der Waals surface area contributed by atoms with Gasteiger partial charge in [-0.1, -0.05) is 58.2 Å². The van der Waals surface area contributed by atoms with Gasteiger partial charge >= 0.3 is 0 Å². The number of rotatable bonds is 9. The molecule has 1 aromatic carbocycles. The van der Waals surface area contributed by atoms with Crippen molar-refractivity contribution in [1.29, 1.82) is 0 Å². The molecule has 21 heavy (non-hydrogen) atoms. The average Bonchev–Trinajstić information content (AvgIpc) is 2.40. The topological polar surface area (TPSA) is 72.2 Å². The van der Waals surface area contributed by atoms with Gasteiger partial charge in [0.15, 0.2) is 0 Å². The molecule has 0 aliphatic rings. The summed E-state index contributed by atoms with van der Waals surface area (Å²) in [6.07, 6.45) is 4.53. The van der Waals surface area contributed by atoms with Gasteiger partial charge in [-0.15, -0.1) is 0 Å². The van der Waals surface area contributed by atoms with Gasteiger partial charge in [0, 0.05) is 12.2 Å². The zero-order chi connectivity index (χ0) is 15.9. The maximum Gasteiger partial charge on any atom is 0.215 e. The van der Waals surface area contributed by atoms with E-state index in [2.05, 4.69) is 25.5 Å². The summed E-state index contributed by atoms with van der Waals surface area (Å²) in [7, 11) is -3.35. The standard InChI is InChI=1S/C16H28N2O2S/c1-4-5-8-11-16(2,3)13-18-21(19,20)12-14-9-6-7-10-15(14)17/h6-7,9-10,18H,4-5,8,11-13,17H2,1-3H3. The number of sulfonamides is 1. The third-order valence-corrected chi connectivity index (χ3v) is 4.90. The van der Waals surface area contributed by atoms with Crippen LogP contribution < -0.4 is 10.5 Å². The Morgan fingerprint density at radius 1 is 1.19 bits per heavy atom. The van der Waals surface area contributed by atoms with Crippen LogP contribution in [0.15, 0.2) is 24.3 Å². The molecule has 4 nitrogen and oxygen atoms in total. The highest BCUT2D eigenvalue weighted by Crippen LogP contribution is 2.23. The second-order valence-electron chi connectivity index (χ2n) is 6.40. The third-order valence-electron chi connectivity index (χ3n) is 3.63. The van der Waals surface area contributed by atoms with Crippen molar-refractivity contribution in [2.45, 2.75) is 52.2 Å². The van der Waals surface area contributed by atoms with E-state index in [1.165, 1.54) is 12.8 Å². The number of anilines is 1. The third kappa shape index (κ3) is 6.96. The first-order valence-electron chi connectivity index (χ1n) is 7.56. The molecule has 120 valence electrons. The number of para-hydroxylation sites is 1. The lowest BCUT2D eigenvalue weighted by molar-refractivity contribution is 0.320. The van der Waals surface area contributed by atoms with Crippen LogP contribution in [0.3, 0.4) is 0 Å². The van der Waals surface area contributed by atoms with E-state index in [0.29, 0.717) is 17.8 Å². The van der Waals surface area contributed by atoms with E-state index < -0.39 is 10.0 Å². The molecule has 1 rings (SSSR count). The van der Waals surface area contributed by atoms with Crippen LogP contribution in [-0.2, 0) is 15.8 Å². The van der Waals surface area contributed by atoms with E-state index in [0.717, 1.165) is 12.8 Å². The summed E-state index contributed by atoms with van der Waals surface area (Å²) < 4.78 is 27.0. The molecule has 0 aliphatic carbocycles. The molecule has 0 unspecified atom stereocenters. The van der Waals surface area contributed by atoms with Crippen LogP contribution in [0.25, 0.3) is 0 Å². The molecule has 0 saturated carbocycles. The van der Waals surface area contributed by atoms with E-state index in [1.807, 2.05) is 0 Å². The number of hydrogen-bond donors (Lipinski definition) is 2. The molecule has 0 saturated heterocycles. The fraction of sp³-hybridized carbons (Fsp3) is 0.625. The van der Waals surface area contributed by atoms with Crippen molar-refractivity contribution >= 4 is 15.7 Å². The van der Waals surface area contributed by atoms with Crippen LogP contribution in [0.5, 0.6) is 0 Å². The summed E-state index contributed by atoms with van der Waals surface area (Å²) >= 11 is 0. The molecule has 0 aliphatic heterocycles. The molecule has 0 fully saturated rings. The lowest BCUT2D eigenvalue weighted by Crippen LogP contribution is -2.34. The minimum Gasteiger partial charge on any atom is -0.398 e. The minimum atomic E-state index is -3.35. The Morgan fingerprint density at radius 3 is 2.48 bits per heavy atom. The van der Waals surface area contributed by atoms with Crippen molar-refractivity contribution in [3.8, 4) is 0 Å². The molecule has 0 spiro atoms. The first-order valence-corrected chi connectivity index (χ1v) is 9.22. The zero-order valence-electron chi connectivity index (χ0n) is 13.4. The monoisotopic (exact) mass is 312 g/mol. The summed E-state index contributed by atoms with van der Waals surface area (Å²) in [6.45, 7) is 6.83. The Balaban J connectivity index is 2.55. The number of unbranched alkanes of at least 4 members (excludes halogenated alkanes) is 2.